The van der Waals surface area contributed by atoms with Gasteiger partial charge in [0.2, 0.25) is 0 Å². The van der Waals surface area contributed by atoms with Crippen LogP contribution < -0.4 is 11.5 Å². The molecule has 3 heteroatoms. The van der Waals surface area contributed by atoms with Crippen LogP contribution in [0.4, 0.5) is 0 Å². The van der Waals surface area contributed by atoms with Crippen molar-refractivity contribution in [3.05, 3.63) is 0 Å². The van der Waals surface area contributed by atoms with Gasteiger partial charge in [-0.3, -0.25) is 4.90 Å². The first-order chi connectivity index (χ1) is 5.38. The first kappa shape index (κ1) is 8.97. The molecule has 0 saturated heterocycles. The quantitative estimate of drug-likeness (QED) is 0.579. The third-order valence-corrected chi connectivity index (χ3v) is 2.42. The van der Waals surface area contributed by atoms with Gasteiger partial charge < -0.3 is 11.5 Å². The molecule has 1 rings (SSSR count). The summed E-state index contributed by atoms with van der Waals surface area (Å²) in [5.41, 5.74) is 11.0. The molecule has 3 nitrogen and oxygen atoms in total. The maximum Gasteiger partial charge on any atom is 0.0108 e. The van der Waals surface area contributed by atoms with Gasteiger partial charge in [-0.15, -0.1) is 0 Å². The molecule has 0 bridgehead atoms. The molecule has 0 aromatic rings. The molecule has 0 amide bonds. The summed E-state index contributed by atoms with van der Waals surface area (Å²) in [6, 6.07) is 0.794. The molecule has 0 unspecified atom stereocenters. The third-order valence-electron chi connectivity index (χ3n) is 2.42. The minimum atomic E-state index is 0.760. The van der Waals surface area contributed by atoms with Crippen molar-refractivity contribution in [1.82, 2.24) is 4.90 Å². The molecular weight excluding hydrogens is 138 g/mol. The third kappa shape index (κ3) is 2.43. The van der Waals surface area contributed by atoms with E-state index in [0.717, 1.165) is 32.2 Å². The Bertz CT molecular complexity index is 95.5. The van der Waals surface area contributed by atoms with Crippen LogP contribution in [0.5, 0.6) is 0 Å². The summed E-state index contributed by atoms with van der Waals surface area (Å²) < 4.78 is 0. The van der Waals surface area contributed by atoms with E-state index in [1.807, 2.05) is 0 Å². The maximum atomic E-state index is 5.49. The molecule has 0 atom stereocenters. The van der Waals surface area contributed by atoms with E-state index in [1.165, 1.54) is 19.3 Å². The van der Waals surface area contributed by atoms with E-state index >= 15 is 0 Å². The SMILES string of the molecule is NCCN(CCN)C1CCC1. The van der Waals surface area contributed by atoms with E-state index in [1.54, 1.807) is 0 Å². The van der Waals surface area contributed by atoms with Crippen LogP contribution in [0.2, 0.25) is 0 Å². The molecule has 0 aromatic heterocycles. The average Bonchev–Trinajstić information content (AvgIpc) is 1.85. The van der Waals surface area contributed by atoms with Crippen LogP contribution >= 0.6 is 0 Å². The lowest BCUT2D eigenvalue weighted by Gasteiger charge is -2.37. The second kappa shape index (κ2) is 4.70. The predicted octanol–water partition coefficient (Wildman–Crippen LogP) is -0.242. The Kier molecular flexibility index (Phi) is 3.83. The van der Waals surface area contributed by atoms with E-state index in [9.17, 15) is 0 Å². The summed E-state index contributed by atoms with van der Waals surface area (Å²) in [6.45, 7) is 3.55. The lowest BCUT2D eigenvalue weighted by Crippen LogP contribution is -2.45. The summed E-state index contributed by atoms with van der Waals surface area (Å²) in [7, 11) is 0. The van der Waals surface area contributed by atoms with Crippen molar-refractivity contribution in [2.24, 2.45) is 11.5 Å². The zero-order chi connectivity index (χ0) is 8.10. The van der Waals surface area contributed by atoms with Gasteiger partial charge in [0.15, 0.2) is 0 Å². The lowest BCUT2D eigenvalue weighted by molar-refractivity contribution is 0.135. The van der Waals surface area contributed by atoms with Crippen LogP contribution in [0.3, 0.4) is 0 Å². The van der Waals surface area contributed by atoms with Crippen molar-refractivity contribution in [3.8, 4) is 0 Å². The van der Waals surface area contributed by atoms with Gasteiger partial charge >= 0.3 is 0 Å². The number of rotatable bonds is 5. The highest BCUT2D eigenvalue weighted by Crippen LogP contribution is 2.23. The minimum Gasteiger partial charge on any atom is -0.329 e. The fraction of sp³-hybridized carbons (Fsp3) is 1.00. The van der Waals surface area contributed by atoms with Crippen LogP contribution in [-0.4, -0.2) is 37.1 Å². The molecule has 1 aliphatic carbocycles. The topological polar surface area (TPSA) is 55.3 Å². The van der Waals surface area contributed by atoms with E-state index in [0.29, 0.717) is 0 Å². The van der Waals surface area contributed by atoms with Crippen molar-refractivity contribution >= 4 is 0 Å². The monoisotopic (exact) mass is 157 g/mol. The number of nitrogens with zero attached hydrogens (tertiary/aromatic N) is 1. The van der Waals surface area contributed by atoms with Gasteiger partial charge in [-0.25, -0.2) is 0 Å². The molecule has 1 aliphatic rings. The molecule has 66 valence electrons. The molecule has 0 radical (unpaired) electrons. The standard InChI is InChI=1S/C8H19N3/c9-4-6-11(7-5-10)8-2-1-3-8/h8H,1-7,9-10H2. The Morgan fingerprint density at radius 1 is 1.09 bits per heavy atom. The first-order valence-electron chi connectivity index (χ1n) is 4.52. The highest BCUT2D eigenvalue weighted by Gasteiger charge is 2.23. The Hall–Kier alpha value is -0.120. The highest BCUT2D eigenvalue weighted by molar-refractivity contribution is 4.80. The van der Waals surface area contributed by atoms with E-state index in [-0.39, 0.29) is 0 Å². The molecule has 0 aromatic carbocycles. The van der Waals surface area contributed by atoms with Gasteiger partial charge in [0.1, 0.15) is 0 Å². The summed E-state index contributed by atoms with van der Waals surface area (Å²) in [6.07, 6.45) is 4.08. The Balaban J connectivity index is 2.19. The summed E-state index contributed by atoms with van der Waals surface area (Å²) in [5.74, 6) is 0. The molecular formula is C8H19N3. The summed E-state index contributed by atoms with van der Waals surface area (Å²) >= 11 is 0. The van der Waals surface area contributed by atoms with Crippen LogP contribution in [0.1, 0.15) is 19.3 Å². The Morgan fingerprint density at radius 3 is 1.91 bits per heavy atom. The number of nitrogens with two attached hydrogens (primary N) is 2. The number of hydrogen-bond acceptors (Lipinski definition) is 3. The molecule has 0 aliphatic heterocycles. The highest BCUT2D eigenvalue weighted by atomic mass is 15.2. The first-order valence-corrected chi connectivity index (χ1v) is 4.52. The second-order valence-corrected chi connectivity index (χ2v) is 3.20. The Labute approximate surface area is 68.7 Å². The maximum absolute atomic E-state index is 5.49. The van der Waals surface area contributed by atoms with Gasteiger partial charge in [-0.1, -0.05) is 6.42 Å². The van der Waals surface area contributed by atoms with Gasteiger partial charge in [0, 0.05) is 32.2 Å². The predicted molar refractivity (Wildman–Crippen MR) is 47.3 cm³/mol. The molecule has 1 saturated carbocycles. The van der Waals surface area contributed by atoms with Crippen molar-refractivity contribution in [3.63, 3.8) is 0 Å². The lowest BCUT2D eigenvalue weighted by atomic mass is 9.91. The second-order valence-electron chi connectivity index (χ2n) is 3.20. The van der Waals surface area contributed by atoms with Crippen LogP contribution in [0, 0.1) is 0 Å². The van der Waals surface area contributed by atoms with Crippen LogP contribution in [-0.2, 0) is 0 Å². The largest absolute Gasteiger partial charge is 0.329 e. The Morgan fingerprint density at radius 2 is 1.64 bits per heavy atom. The number of hydrogen-bond donors (Lipinski definition) is 2. The normalized spacial score (nSPS) is 18.8. The molecule has 1 fully saturated rings. The fourth-order valence-electron chi connectivity index (χ4n) is 1.56. The molecule has 0 heterocycles. The summed E-state index contributed by atoms with van der Waals surface area (Å²) in [5, 5.41) is 0. The smallest absolute Gasteiger partial charge is 0.0108 e. The van der Waals surface area contributed by atoms with Gasteiger partial charge in [-0.2, -0.15) is 0 Å². The molecule has 0 spiro atoms. The molecule has 4 N–H and O–H groups in total. The summed E-state index contributed by atoms with van der Waals surface area (Å²) in [4.78, 5) is 2.42. The average molecular weight is 157 g/mol. The minimum absolute atomic E-state index is 0.760. The van der Waals surface area contributed by atoms with Crippen LogP contribution in [0.25, 0.3) is 0 Å². The van der Waals surface area contributed by atoms with Gasteiger partial charge in [0.25, 0.3) is 0 Å². The zero-order valence-corrected chi connectivity index (χ0v) is 7.13. The molecule has 11 heavy (non-hydrogen) atoms. The van der Waals surface area contributed by atoms with Crippen LogP contribution in [0.15, 0.2) is 0 Å². The van der Waals surface area contributed by atoms with Gasteiger partial charge in [0.05, 0.1) is 0 Å². The van der Waals surface area contributed by atoms with Crippen molar-refractivity contribution in [2.75, 3.05) is 26.2 Å². The van der Waals surface area contributed by atoms with Gasteiger partial charge in [-0.05, 0) is 12.8 Å². The van der Waals surface area contributed by atoms with Crippen molar-refractivity contribution in [2.45, 2.75) is 25.3 Å². The van der Waals surface area contributed by atoms with Crippen molar-refractivity contribution < 1.29 is 0 Å². The zero-order valence-electron chi connectivity index (χ0n) is 7.13. The van der Waals surface area contributed by atoms with E-state index < -0.39 is 0 Å². The van der Waals surface area contributed by atoms with Crippen molar-refractivity contribution in [1.29, 1.82) is 0 Å². The van der Waals surface area contributed by atoms with E-state index in [4.69, 9.17) is 11.5 Å². The fourth-order valence-corrected chi connectivity index (χ4v) is 1.56. The van der Waals surface area contributed by atoms with E-state index in [2.05, 4.69) is 4.90 Å².